The molecule has 2 aromatic rings. The van der Waals surface area contributed by atoms with Gasteiger partial charge >= 0.3 is 0 Å². The molecule has 2 rings (SSSR count). The third-order valence-electron chi connectivity index (χ3n) is 4.01. The maximum atomic E-state index is 12.2. The van der Waals surface area contributed by atoms with Gasteiger partial charge in [-0.05, 0) is 54.3 Å². The van der Waals surface area contributed by atoms with E-state index in [1.165, 1.54) is 48.6 Å². The van der Waals surface area contributed by atoms with Crippen molar-refractivity contribution in [3.05, 3.63) is 48.0 Å². The van der Waals surface area contributed by atoms with Crippen LogP contribution in [0.25, 0.3) is 6.08 Å². The number of benzene rings is 2. The van der Waals surface area contributed by atoms with E-state index in [2.05, 4.69) is 10.6 Å². The van der Waals surface area contributed by atoms with Crippen molar-refractivity contribution in [3.8, 4) is 17.2 Å². The molecule has 0 saturated heterocycles. The summed E-state index contributed by atoms with van der Waals surface area (Å²) in [6, 6.07) is 7.70. The van der Waals surface area contributed by atoms with E-state index < -0.39 is 17.9 Å². The van der Waals surface area contributed by atoms with Crippen molar-refractivity contribution < 1.29 is 24.9 Å². The average Bonchev–Trinajstić information content (AvgIpc) is 2.64. The van der Waals surface area contributed by atoms with E-state index in [9.17, 15) is 24.9 Å². The third kappa shape index (κ3) is 7.31. The molecule has 0 aliphatic rings. The normalized spacial score (nSPS) is 11.7. The van der Waals surface area contributed by atoms with Gasteiger partial charge in [0.05, 0.1) is 11.7 Å². The molecule has 1 atom stereocenters. The minimum atomic E-state index is -0.711. The molecule has 7 N–H and O–H groups in total. The summed E-state index contributed by atoms with van der Waals surface area (Å²) in [5.74, 6) is -1.33. The van der Waals surface area contributed by atoms with Gasteiger partial charge in [-0.1, -0.05) is 19.9 Å². The molecule has 162 valence electrons. The van der Waals surface area contributed by atoms with Crippen LogP contribution >= 0.6 is 12.4 Å². The zero-order valence-electron chi connectivity index (χ0n) is 16.6. The number of phenolic OH excluding ortho intramolecular Hbond substituents is 3. The van der Waals surface area contributed by atoms with E-state index in [-0.39, 0.29) is 41.3 Å². The third-order valence-corrected chi connectivity index (χ3v) is 4.01. The number of amides is 2. The van der Waals surface area contributed by atoms with Gasteiger partial charge in [-0.2, -0.15) is 0 Å². The molecule has 9 heteroatoms. The van der Waals surface area contributed by atoms with E-state index in [1.54, 1.807) is 0 Å². The Morgan fingerprint density at radius 2 is 1.67 bits per heavy atom. The van der Waals surface area contributed by atoms with Crippen LogP contribution in [0.2, 0.25) is 0 Å². The maximum absolute atomic E-state index is 12.2. The fourth-order valence-electron chi connectivity index (χ4n) is 2.55. The Labute approximate surface area is 180 Å². The van der Waals surface area contributed by atoms with Crippen LogP contribution < -0.4 is 16.4 Å². The van der Waals surface area contributed by atoms with Crippen LogP contribution in [0.15, 0.2) is 42.5 Å². The quantitative estimate of drug-likeness (QED) is 0.224. The standard InChI is InChI=1S/C21H25N3O5.ClH/c1-12(2)9-15(22)21(29)24-16-11-14(5-7-17(16)25)23-20(28)8-4-13-3-6-18(26)19(27)10-13;/h3-8,10-12,15,25-27H,9,22H2,1-2H3,(H,23,28)(H,24,29);1H/b8-4+;/t15-;/m0./s1. The molecule has 0 aliphatic heterocycles. The van der Waals surface area contributed by atoms with Crippen LogP contribution in [0.4, 0.5) is 11.4 Å². The van der Waals surface area contributed by atoms with Crippen LogP contribution in [-0.4, -0.2) is 33.2 Å². The Morgan fingerprint density at radius 3 is 2.30 bits per heavy atom. The summed E-state index contributed by atoms with van der Waals surface area (Å²) in [4.78, 5) is 24.3. The van der Waals surface area contributed by atoms with Crippen molar-refractivity contribution in [3.63, 3.8) is 0 Å². The second kappa shape index (κ2) is 11.1. The van der Waals surface area contributed by atoms with Gasteiger partial charge in [0, 0.05) is 11.8 Å². The summed E-state index contributed by atoms with van der Waals surface area (Å²) in [7, 11) is 0. The number of hydrogen-bond donors (Lipinski definition) is 6. The summed E-state index contributed by atoms with van der Waals surface area (Å²) in [5, 5.41) is 33.9. The van der Waals surface area contributed by atoms with Gasteiger partial charge in [0.25, 0.3) is 0 Å². The number of carbonyl (C=O) groups excluding carboxylic acids is 2. The second-order valence-corrected chi connectivity index (χ2v) is 7.03. The minimum Gasteiger partial charge on any atom is -0.506 e. The predicted octanol–water partition coefficient (Wildman–Crippen LogP) is 3.19. The summed E-state index contributed by atoms with van der Waals surface area (Å²) < 4.78 is 0. The highest BCUT2D eigenvalue weighted by molar-refractivity contribution is 6.03. The lowest BCUT2D eigenvalue weighted by molar-refractivity contribution is -0.117. The molecule has 0 heterocycles. The number of phenols is 3. The maximum Gasteiger partial charge on any atom is 0.248 e. The molecule has 0 aromatic heterocycles. The van der Waals surface area contributed by atoms with Crippen molar-refractivity contribution in [1.29, 1.82) is 0 Å². The Kier molecular flexibility index (Phi) is 9.16. The Hall–Kier alpha value is -3.23. The van der Waals surface area contributed by atoms with Crippen LogP contribution in [-0.2, 0) is 9.59 Å². The van der Waals surface area contributed by atoms with Crippen molar-refractivity contribution in [2.24, 2.45) is 11.7 Å². The first-order valence-corrected chi connectivity index (χ1v) is 9.06. The lowest BCUT2D eigenvalue weighted by Crippen LogP contribution is -2.36. The molecule has 0 fully saturated rings. The van der Waals surface area contributed by atoms with Gasteiger partial charge in [0.2, 0.25) is 11.8 Å². The molecule has 0 saturated carbocycles. The topological polar surface area (TPSA) is 145 Å². The molecule has 0 aliphatic carbocycles. The first-order chi connectivity index (χ1) is 13.7. The number of rotatable bonds is 7. The average molecular weight is 436 g/mol. The molecule has 0 spiro atoms. The van der Waals surface area contributed by atoms with Gasteiger partial charge in [-0.15, -0.1) is 12.4 Å². The lowest BCUT2D eigenvalue weighted by Gasteiger charge is -2.15. The van der Waals surface area contributed by atoms with Gasteiger partial charge in [0.15, 0.2) is 11.5 Å². The number of aromatic hydroxyl groups is 3. The van der Waals surface area contributed by atoms with E-state index >= 15 is 0 Å². The summed E-state index contributed by atoms with van der Waals surface area (Å²) in [5.41, 5.74) is 6.86. The Bertz CT molecular complexity index is 931. The largest absolute Gasteiger partial charge is 0.506 e. The summed E-state index contributed by atoms with van der Waals surface area (Å²) >= 11 is 0. The first-order valence-electron chi connectivity index (χ1n) is 9.06. The fourth-order valence-corrected chi connectivity index (χ4v) is 2.55. The molecular formula is C21H26ClN3O5. The van der Waals surface area contributed by atoms with Gasteiger partial charge < -0.3 is 31.7 Å². The van der Waals surface area contributed by atoms with Gasteiger partial charge in [-0.3, -0.25) is 9.59 Å². The smallest absolute Gasteiger partial charge is 0.248 e. The fraction of sp³-hybridized carbons (Fsp3) is 0.238. The molecular weight excluding hydrogens is 410 g/mol. The van der Waals surface area contributed by atoms with E-state index in [1.807, 2.05) is 13.8 Å². The molecule has 2 amide bonds. The number of anilines is 2. The van der Waals surface area contributed by atoms with Crippen LogP contribution in [0.3, 0.4) is 0 Å². The van der Waals surface area contributed by atoms with Crippen LogP contribution in [0, 0.1) is 5.92 Å². The minimum absolute atomic E-state index is 0. The SMILES string of the molecule is CC(C)C[C@H](N)C(=O)Nc1cc(NC(=O)/C=C/c2ccc(O)c(O)c2)ccc1O.Cl. The summed E-state index contributed by atoms with van der Waals surface area (Å²) in [6.07, 6.45) is 3.21. The van der Waals surface area contributed by atoms with Crippen molar-refractivity contribution >= 4 is 41.7 Å². The van der Waals surface area contributed by atoms with Crippen molar-refractivity contribution in [1.82, 2.24) is 0 Å². The molecule has 8 nitrogen and oxygen atoms in total. The molecule has 30 heavy (non-hydrogen) atoms. The van der Waals surface area contributed by atoms with Gasteiger partial charge in [-0.25, -0.2) is 0 Å². The van der Waals surface area contributed by atoms with Crippen LogP contribution in [0.5, 0.6) is 17.2 Å². The number of hydrogen-bond acceptors (Lipinski definition) is 6. The molecule has 2 aromatic carbocycles. The molecule has 0 radical (unpaired) electrons. The Balaban J connectivity index is 0.00000450. The number of nitrogens with one attached hydrogen (secondary N) is 2. The van der Waals surface area contributed by atoms with Gasteiger partial charge in [0.1, 0.15) is 5.75 Å². The summed E-state index contributed by atoms with van der Waals surface area (Å²) in [6.45, 7) is 3.90. The number of carbonyl (C=O) groups is 2. The predicted molar refractivity (Wildman–Crippen MR) is 119 cm³/mol. The zero-order chi connectivity index (χ0) is 21.6. The van der Waals surface area contributed by atoms with E-state index in [0.717, 1.165) is 0 Å². The van der Waals surface area contributed by atoms with E-state index in [0.29, 0.717) is 17.7 Å². The van der Waals surface area contributed by atoms with Crippen molar-refractivity contribution in [2.45, 2.75) is 26.3 Å². The lowest BCUT2D eigenvalue weighted by atomic mass is 10.0. The monoisotopic (exact) mass is 435 g/mol. The van der Waals surface area contributed by atoms with Crippen LogP contribution in [0.1, 0.15) is 25.8 Å². The highest BCUT2D eigenvalue weighted by Crippen LogP contribution is 2.27. The highest BCUT2D eigenvalue weighted by Gasteiger charge is 2.16. The molecule has 0 bridgehead atoms. The number of nitrogens with two attached hydrogens (primary N) is 1. The zero-order valence-corrected chi connectivity index (χ0v) is 17.4. The second-order valence-electron chi connectivity index (χ2n) is 7.03. The van der Waals surface area contributed by atoms with Crippen molar-refractivity contribution in [2.75, 3.05) is 10.6 Å². The number of halogens is 1. The molecule has 0 unspecified atom stereocenters. The Morgan fingerprint density at radius 1 is 1.00 bits per heavy atom. The van der Waals surface area contributed by atoms with E-state index in [4.69, 9.17) is 5.73 Å². The highest BCUT2D eigenvalue weighted by atomic mass is 35.5. The first kappa shape index (κ1) is 24.8.